The van der Waals surface area contributed by atoms with Crippen LogP contribution in [0.25, 0.3) is 54.6 Å². The SMILES string of the molecule is CCC1(CC)c2cc(-c3ccc4ccc5cc(CC(C)C)cc6ccc3c4c56)ccc2-c2ccc(C(C)(C)C)cc21. The molecule has 206 valence electrons. The first-order chi connectivity index (χ1) is 19.6. The fourth-order valence-corrected chi connectivity index (χ4v) is 7.87. The summed E-state index contributed by atoms with van der Waals surface area (Å²) < 4.78 is 0. The van der Waals surface area contributed by atoms with Crippen LogP contribution in [-0.2, 0) is 17.3 Å². The van der Waals surface area contributed by atoms with E-state index in [1.807, 2.05) is 0 Å². The second-order valence-corrected chi connectivity index (χ2v) is 14.0. The van der Waals surface area contributed by atoms with Crippen LogP contribution in [0.4, 0.5) is 0 Å². The van der Waals surface area contributed by atoms with Crippen molar-refractivity contribution in [2.45, 2.75) is 78.6 Å². The third kappa shape index (κ3) is 3.87. The molecule has 0 saturated heterocycles. The summed E-state index contributed by atoms with van der Waals surface area (Å²) in [4.78, 5) is 0. The molecule has 0 heterocycles. The van der Waals surface area contributed by atoms with E-state index in [2.05, 4.69) is 133 Å². The Kier molecular flexibility index (Phi) is 5.88. The van der Waals surface area contributed by atoms with Crippen LogP contribution in [0.1, 0.15) is 83.6 Å². The van der Waals surface area contributed by atoms with Gasteiger partial charge in [-0.2, -0.15) is 0 Å². The second kappa shape index (κ2) is 9.18. The molecule has 0 N–H and O–H groups in total. The molecule has 0 bridgehead atoms. The average molecular weight is 535 g/mol. The Bertz CT molecular complexity index is 1920. The molecule has 0 amide bonds. The van der Waals surface area contributed by atoms with E-state index in [0.717, 1.165) is 19.3 Å². The Balaban J connectivity index is 1.43. The third-order valence-corrected chi connectivity index (χ3v) is 10.0. The van der Waals surface area contributed by atoms with E-state index in [4.69, 9.17) is 0 Å². The van der Waals surface area contributed by atoms with Crippen LogP contribution in [-0.4, -0.2) is 0 Å². The van der Waals surface area contributed by atoms with Gasteiger partial charge < -0.3 is 0 Å². The Morgan fingerprint density at radius 2 is 1.20 bits per heavy atom. The van der Waals surface area contributed by atoms with Crippen molar-refractivity contribution in [3.63, 3.8) is 0 Å². The maximum absolute atomic E-state index is 2.53. The Labute approximate surface area is 245 Å². The van der Waals surface area contributed by atoms with Crippen molar-refractivity contribution in [3.05, 3.63) is 107 Å². The monoisotopic (exact) mass is 534 g/mol. The van der Waals surface area contributed by atoms with Crippen LogP contribution in [0.15, 0.2) is 84.9 Å². The average Bonchev–Trinajstić information content (AvgIpc) is 3.23. The van der Waals surface area contributed by atoms with E-state index in [0.29, 0.717) is 5.92 Å². The summed E-state index contributed by atoms with van der Waals surface area (Å²) >= 11 is 0. The minimum absolute atomic E-state index is 0.0541. The predicted molar refractivity (Wildman–Crippen MR) is 180 cm³/mol. The molecule has 41 heavy (non-hydrogen) atoms. The highest BCUT2D eigenvalue weighted by Crippen LogP contribution is 2.54. The van der Waals surface area contributed by atoms with Crippen LogP contribution < -0.4 is 0 Å². The molecular weight excluding hydrogens is 492 g/mol. The zero-order chi connectivity index (χ0) is 28.7. The molecule has 0 atom stereocenters. The Morgan fingerprint density at radius 1 is 0.610 bits per heavy atom. The summed E-state index contributed by atoms with van der Waals surface area (Å²) in [5, 5.41) is 8.24. The van der Waals surface area contributed by atoms with Crippen molar-refractivity contribution < 1.29 is 0 Å². The van der Waals surface area contributed by atoms with Gasteiger partial charge in [0.2, 0.25) is 0 Å². The van der Waals surface area contributed by atoms with Crippen molar-refractivity contribution in [1.82, 2.24) is 0 Å². The first-order valence-corrected chi connectivity index (χ1v) is 15.7. The van der Waals surface area contributed by atoms with Crippen molar-refractivity contribution in [1.29, 1.82) is 0 Å². The molecule has 0 saturated carbocycles. The van der Waals surface area contributed by atoms with Gasteiger partial charge in [0.25, 0.3) is 0 Å². The zero-order valence-electron chi connectivity index (χ0n) is 25.8. The van der Waals surface area contributed by atoms with E-state index in [1.54, 1.807) is 0 Å². The van der Waals surface area contributed by atoms with E-state index in [-0.39, 0.29) is 10.8 Å². The highest BCUT2D eigenvalue weighted by Gasteiger charge is 2.41. The maximum atomic E-state index is 2.53. The molecular formula is C41H42. The number of hydrogen-bond acceptors (Lipinski definition) is 0. The summed E-state index contributed by atoms with van der Waals surface area (Å²) in [5.74, 6) is 0.652. The zero-order valence-corrected chi connectivity index (χ0v) is 25.8. The van der Waals surface area contributed by atoms with Gasteiger partial charge in [0.1, 0.15) is 0 Å². The third-order valence-electron chi connectivity index (χ3n) is 10.0. The fraction of sp³-hybridized carbons (Fsp3) is 0.317. The molecule has 0 spiro atoms. The summed E-state index contributed by atoms with van der Waals surface area (Å²) in [6, 6.07) is 33.5. The molecule has 6 aromatic rings. The lowest BCUT2D eigenvalue weighted by Crippen LogP contribution is -2.24. The van der Waals surface area contributed by atoms with Gasteiger partial charge in [-0.05, 0) is 113 Å². The molecule has 7 rings (SSSR count). The molecule has 0 radical (unpaired) electrons. The standard InChI is InChI=1S/C41H42/c1-8-41(9-2)36-23-28(13-17-33(36)34-19-15-31(24-37(34)41)40(5,6)7)32-16-12-27-10-11-29-21-26(20-25(3)4)22-30-14-18-35(32)39(27)38(29)30/h10-19,21-25H,8-9,20H2,1-7H3. The van der Waals surface area contributed by atoms with Gasteiger partial charge in [0, 0.05) is 5.41 Å². The number of fused-ring (bicyclic) bond motifs is 3. The number of benzene rings is 6. The van der Waals surface area contributed by atoms with Gasteiger partial charge in [-0.3, -0.25) is 0 Å². The first-order valence-electron chi connectivity index (χ1n) is 15.7. The van der Waals surface area contributed by atoms with Crippen molar-refractivity contribution >= 4 is 32.3 Å². The number of rotatable bonds is 5. The van der Waals surface area contributed by atoms with Crippen molar-refractivity contribution in [2.24, 2.45) is 5.92 Å². The number of hydrogen-bond donors (Lipinski definition) is 0. The van der Waals surface area contributed by atoms with Gasteiger partial charge >= 0.3 is 0 Å². The van der Waals surface area contributed by atoms with E-state index < -0.39 is 0 Å². The van der Waals surface area contributed by atoms with Gasteiger partial charge in [-0.15, -0.1) is 0 Å². The van der Waals surface area contributed by atoms with Crippen molar-refractivity contribution in [2.75, 3.05) is 0 Å². The normalized spacial score (nSPS) is 14.4. The van der Waals surface area contributed by atoms with E-state index >= 15 is 0 Å². The summed E-state index contributed by atoms with van der Waals surface area (Å²) in [6.45, 7) is 16.3. The minimum atomic E-state index is 0.0541. The molecule has 0 heteroatoms. The largest absolute Gasteiger partial charge is 0.0642 e. The maximum Gasteiger partial charge on any atom is 0.0210 e. The minimum Gasteiger partial charge on any atom is -0.0642 e. The first kappa shape index (κ1) is 26.3. The molecule has 0 unspecified atom stereocenters. The second-order valence-electron chi connectivity index (χ2n) is 14.0. The molecule has 1 aliphatic carbocycles. The van der Waals surface area contributed by atoms with Crippen LogP contribution in [0.5, 0.6) is 0 Å². The van der Waals surface area contributed by atoms with Crippen LogP contribution >= 0.6 is 0 Å². The topological polar surface area (TPSA) is 0 Å². The highest BCUT2D eigenvalue weighted by molar-refractivity contribution is 6.25. The van der Waals surface area contributed by atoms with Crippen LogP contribution in [0, 0.1) is 5.92 Å². The predicted octanol–water partition coefficient (Wildman–Crippen LogP) is 11.8. The molecule has 0 fully saturated rings. The lowest BCUT2D eigenvalue weighted by Gasteiger charge is -2.31. The van der Waals surface area contributed by atoms with Crippen LogP contribution in [0.3, 0.4) is 0 Å². The van der Waals surface area contributed by atoms with Gasteiger partial charge in [0.15, 0.2) is 0 Å². The molecule has 6 aromatic carbocycles. The van der Waals surface area contributed by atoms with E-state index in [1.165, 1.54) is 76.8 Å². The van der Waals surface area contributed by atoms with E-state index in [9.17, 15) is 0 Å². The van der Waals surface area contributed by atoms with Crippen LogP contribution in [0.2, 0.25) is 0 Å². The summed E-state index contributed by atoms with van der Waals surface area (Å²) in [7, 11) is 0. The van der Waals surface area contributed by atoms with Gasteiger partial charge in [0.05, 0.1) is 0 Å². The summed E-state index contributed by atoms with van der Waals surface area (Å²) in [6.07, 6.45) is 3.34. The molecule has 1 aliphatic rings. The van der Waals surface area contributed by atoms with Gasteiger partial charge in [-0.1, -0.05) is 127 Å². The Hall–Kier alpha value is -3.64. The highest BCUT2D eigenvalue weighted by atomic mass is 14.4. The summed E-state index contributed by atoms with van der Waals surface area (Å²) in [5.41, 5.74) is 11.6. The lowest BCUT2D eigenvalue weighted by atomic mass is 9.72. The quantitative estimate of drug-likeness (QED) is 0.193. The Morgan fingerprint density at radius 3 is 1.85 bits per heavy atom. The molecule has 0 aliphatic heterocycles. The lowest BCUT2D eigenvalue weighted by molar-refractivity contribution is 0.488. The fourth-order valence-electron chi connectivity index (χ4n) is 7.87. The van der Waals surface area contributed by atoms with Crippen molar-refractivity contribution in [3.8, 4) is 22.3 Å². The smallest absolute Gasteiger partial charge is 0.0210 e. The van der Waals surface area contributed by atoms with Gasteiger partial charge in [-0.25, -0.2) is 0 Å². The molecule has 0 nitrogen and oxygen atoms in total. The molecule has 0 aromatic heterocycles.